The second-order valence-corrected chi connectivity index (χ2v) is 6.05. The third-order valence-electron chi connectivity index (χ3n) is 3.65. The molecular weight excluding hydrogens is 350 g/mol. The van der Waals surface area contributed by atoms with Gasteiger partial charge in [0.2, 0.25) is 5.95 Å². The van der Waals surface area contributed by atoms with Crippen molar-refractivity contribution in [1.29, 1.82) is 0 Å². The Morgan fingerprint density at radius 2 is 1.96 bits per heavy atom. The van der Waals surface area contributed by atoms with E-state index in [2.05, 4.69) is 25.6 Å². The molecule has 2 aromatic heterocycles. The van der Waals surface area contributed by atoms with E-state index in [9.17, 15) is 4.79 Å². The van der Waals surface area contributed by atoms with Crippen LogP contribution in [0.15, 0.2) is 61.1 Å². The maximum atomic E-state index is 12.3. The van der Waals surface area contributed by atoms with Gasteiger partial charge in [-0.1, -0.05) is 29.8 Å². The van der Waals surface area contributed by atoms with Crippen LogP contribution in [-0.2, 0) is 13.0 Å². The zero-order chi connectivity index (χ0) is 18.2. The van der Waals surface area contributed by atoms with Crippen LogP contribution >= 0.6 is 11.6 Å². The van der Waals surface area contributed by atoms with E-state index < -0.39 is 0 Å². The fourth-order valence-corrected chi connectivity index (χ4v) is 2.57. The van der Waals surface area contributed by atoms with Gasteiger partial charge in [-0.15, -0.1) is 0 Å². The van der Waals surface area contributed by atoms with Crippen LogP contribution in [0.25, 0.3) is 0 Å². The Balaban J connectivity index is 1.52. The Bertz CT molecular complexity index is 873. The van der Waals surface area contributed by atoms with E-state index in [0.29, 0.717) is 36.2 Å². The zero-order valence-electron chi connectivity index (χ0n) is 14.0. The van der Waals surface area contributed by atoms with E-state index in [1.54, 1.807) is 24.7 Å². The maximum absolute atomic E-state index is 12.3. The molecule has 0 aliphatic heterocycles. The zero-order valence-corrected chi connectivity index (χ0v) is 14.8. The number of halogens is 1. The Labute approximate surface area is 156 Å². The second-order valence-electron chi connectivity index (χ2n) is 5.62. The number of hydrogen-bond acceptors (Lipinski definition) is 5. The van der Waals surface area contributed by atoms with Crippen molar-refractivity contribution in [1.82, 2.24) is 20.3 Å². The molecule has 1 aromatic carbocycles. The van der Waals surface area contributed by atoms with Gasteiger partial charge in [-0.2, -0.15) is 0 Å². The first-order valence-electron chi connectivity index (χ1n) is 8.19. The van der Waals surface area contributed by atoms with Crippen molar-refractivity contribution >= 4 is 23.5 Å². The molecule has 1 amide bonds. The van der Waals surface area contributed by atoms with Crippen molar-refractivity contribution in [2.24, 2.45) is 0 Å². The summed E-state index contributed by atoms with van der Waals surface area (Å²) in [5.74, 6) is 0.162. The Morgan fingerprint density at radius 1 is 1.08 bits per heavy atom. The number of nitrogens with zero attached hydrogens (tertiary/aromatic N) is 3. The number of benzene rings is 1. The van der Waals surface area contributed by atoms with Crippen molar-refractivity contribution in [3.8, 4) is 0 Å². The minimum absolute atomic E-state index is 0.237. The van der Waals surface area contributed by atoms with E-state index in [4.69, 9.17) is 11.6 Å². The minimum atomic E-state index is -0.237. The summed E-state index contributed by atoms with van der Waals surface area (Å²) < 4.78 is 0. The van der Waals surface area contributed by atoms with Crippen LogP contribution < -0.4 is 10.6 Å². The van der Waals surface area contributed by atoms with Crippen LogP contribution in [0, 0.1) is 0 Å². The number of anilines is 1. The Morgan fingerprint density at radius 3 is 2.77 bits per heavy atom. The molecule has 2 heterocycles. The highest BCUT2D eigenvalue weighted by atomic mass is 35.5. The molecule has 0 atom stereocenters. The first-order chi connectivity index (χ1) is 12.7. The quantitative estimate of drug-likeness (QED) is 0.670. The molecule has 132 valence electrons. The van der Waals surface area contributed by atoms with E-state index in [0.717, 1.165) is 11.1 Å². The molecule has 0 fully saturated rings. The fraction of sp³-hybridized carbons (Fsp3) is 0.158. The smallest absolute Gasteiger partial charge is 0.270 e. The monoisotopic (exact) mass is 367 g/mol. The van der Waals surface area contributed by atoms with E-state index in [1.807, 2.05) is 36.4 Å². The Hall–Kier alpha value is -2.99. The molecule has 7 heteroatoms. The van der Waals surface area contributed by atoms with Crippen LogP contribution in [0.1, 0.15) is 21.6 Å². The predicted molar refractivity (Wildman–Crippen MR) is 101 cm³/mol. The molecule has 0 saturated heterocycles. The number of rotatable bonds is 7. The molecule has 3 aromatic rings. The minimum Gasteiger partial charge on any atom is -0.350 e. The molecule has 0 bridgehead atoms. The summed E-state index contributed by atoms with van der Waals surface area (Å²) in [4.78, 5) is 24.7. The lowest BCUT2D eigenvalue weighted by Crippen LogP contribution is -2.26. The fourth-order valence-electron chi connectivity index (χ4n) is 2.36. The molecule has 0 aliphatic carbocycles. The van der Waals surface area contributed by atoms with Crippen molar-refractivity contribution in [3.63, 3.8) is 0 Å². The van der Waals surface area contributed by atoms with Gasteiger partial charge < -0.3 is 10.6 Å². The number of carbonyl (C=O) groups is 1. The highest BCUT2D eigenvalue weighted by Crippen LogP contribution is 2.10. The number of nitrogens with one attached hydrogen (secondary N) is 2. The molecule has 26 heavy (non-hydrogen) atoms. The van der Waals surface area contributed by atoms with Crippen LogP contribution in [0.5, 0.6) is 0 Å². The van der Waals surface area contributed by atoms with Crippen molar-refractivity contribution < 1.29 is 4.79 Å². The summed E-state index contributed by atoms with van der Waals surface area (Å²) in [6.07, 6.45) is 5.74. The van der Waals surface area contributed by atoms with Crippen molar-refractivity contribution in [2.75, 3.05) is 11.9 Å². The van der Waals surface area contributed by atoms with Crippen LogP contribution in [-0.4, -0.2) is 27.4 Å². The summed E-state index contributed by atoms with van der Waals surface area (Å²) in [6.45, 7) is 1.04. The van der Waals surface area contributed by atoms with E-state index in [1.165, 1.54) is 0 Å². The molecule has 0 radical (unpaired) electrons. The number of aromatic nitrogens is 3. The lowest BCUT2D eigenvalue weighted by molar-refractivity contribution is 0.0949. The third kappa shape index (κ3) is 5.26. The maximum Gasteiger partial charge on any atom is 0.270 e. The highest BCUT2D eigenvalue weighted by molar-refractivity contribution is 6.30. The van der Waals surface area contributed by atoms with Gasteiger partial charge in [0.25, 0.3) is 5.91 Å². The first-order valence-corrected chi connectivity index (χ1v) is 8.57. The third-order valence-corrected chi connectivity index (χ3v) is 3.88. The molecule has 6 nitrogen and oxygen atoms in total. The second kappa shape index (κ2) is 8.92. The Kier molecular flexibility index (Phi) is 6.11. The lowest BCUT2D eigenvalue weighted by atomic mass is 10.1. The van der Waals surface area contributed by atoms with Crippen LogP contribution in [0.4, 0.5) is 5.95 Å². The standard InChI is InChI=1S/C19H18ClN5O/c20-16-5-1-3-14(11-16)6-9-22-18(26)17-7-10-23-19(25-17)24-13-15-4-2-8-21-12-15/h1-5,7-8,10-12H,6,9,13H2,(H,22,26)(H,23,24,25). The van der Waals surface area contributed by atoms with Gasteiger partial charge in [-0.3, -0.25) is 9.78 Å². The molecule has 0 spiro atoms. The number of hydrogen-bond donors (Lipinski definition) is 2. The average molecular weight is 368 g/mol. The van der Waals surface area contributed by atoms with Gasteiger partial charge in [-0.05, 0) is 41.8 Å². The van der Waals surface area contributed by atoms with E-state index in [-0.39, 0.29) is 5.91 Å². The number of carbonyl (C=O) groups excluding carboxylic acids is 1. The highest BCUT2D eigenvalue weighted by Gasteiger charge is 2.08. The normalized spacial score (nSPS) is 10.3. The summed E-state index contributed by atoms with van der Waals surface area (Å²) in [5.41, 5.74) is 2.39. The lowest BCUT2D eigenvalue weighted by Gasteiger charge is -2.08. The summed E-state index contributed by atoms with van der Waals surface area (Å²) in [7, 11) is 0. The number of amides is 1. The largest absolute Gasteiger partial charge is 0.350 e. The van der Waals surface area contributed by atoms with Gasteiger partial charge in [0.1, 0.15) is 5.69 Å². The SMILES string of the molecule is O=C(NCCc1cccc(Cl)c1)c1ccnc(NCc2cccnc2)n1. The molecular formula is C19H18ClN5O. The average Bonchev–Trinajstić information content (AvgIpc) is 2.67. The predicted octanol–water partition coefficient (Wildman–Crippen LogP) is 3.11. The van der Waals surface area contributed by atoms with Gasteiger partial charge in [0.15, 0.2) is 0 Å². The van der Waals surface area contributed by atoms with Gasteiger partial charge in [-0.25, -0.2) is 9.97 Å². The van der Waals surface area contributed by atoms with Gasteiger partial charge in [0.05, 0.1) is 0 Å². The molecule has 2 N–H and O–H groups in total. The topological polar surface area (TPSA) is 79.8 Å². The number of pyridine rings is 1. The molecule has 0 unspecified atom stereocenters. The molecule has 0 saturated carbocycles. The van der Waals surface area contributed by atoms with Crippen LogP contribution in [0.2, 0.25) is 5.02 Å². The summed E-state index contributed by atoms with van der Waals surface area (Å²) in [5, 5.41) is 6.63. The van der Waals surface area contributed by atoms with Gasteiger partial charge >= 0.3 is 0 Å². The molecule has 3 rings (SSSR count). The van der Waals surface area contributed by atoms with Crippen LogP contribution in [0.3, 0.4) is 0 Å². The van der Waals surface area contributed by atoms with Crippen molar-refractivity contribution in [3.05, 3.63) is 82.9 Å². The molecule has 0 aliphatic rings. The summed E-state index contributed by atoms with van der Waals surface area (Å²) >= 11 is 5.96. The van der Waals surface area contributed by atoms with Crippen molar-refractivity contribution in [2.45, 2.75) is 13.0 Å². The summed E-state index contributed by atoms with van der Waals surface area (Å²) in [6, 6.07) is 13.0. The van der Waals surface area contributed by atoms with Gasteiger partial charge in [0, 0.05) is 36.7 Å². The first kappa shape index (κ1) is 17.8. The van der Waals surface area contributed by atoms with E-state index >= 15 is 0 Å².